The number of ether oxygens (including phenoxy) is 1. The molecule has 0 radical (unpaired) electrons. The number of benzene rings is 2. The molecule has 0 fully saturated rings. The molecule has 2 aromatic carbocycles. The molecule has 1 aliphatic rings. The van der Waals surface area contributed by atoms with Crippen LogP contribution in [-0.4, -0.2) is 11.0 Å². The predicted molar refractivity (Wildman–Crippen MR) is 116 cm³/mol. The molecule has 1 aliphatic carbocycles. The predicted octanol–water partition coefficient (Wildman–Crippen LogP) is 6.43. The molecule has 0 unspecified atom stereocenters. The molecule has 200 valence electrons. The van der Waals surface area contributed by atoms with E-state index >= 15 is 0 Å². The van der Waals surface area contributed by atoms with Crippen molar-refractivity contribution in [1.82, 2.24) is 4.98 Å². The Morgan fingerprint density at radius 2 is 1.55 bits per heavy atom. The molecule has 0 bridgehead atoms. The van der Waals surface area contributed by atoms with E-state index in [0.29, 0.717) is 24.6 Å². The van der Waals surface area contributed by atoms with Gasteiger partial charge in [0.05, 0.1) is 28.5 Å². The van der Waals surface area contributed by atoms with E-state index in [2.05, 4.69) is 4.98 Å². The van der Waals surface area contributed by atoms with Crippen LogP contribution in [-0.2, 0) is 19.0 Å². The number of halogens is 8. The highest BCUT2D eigenvalue weighted by molar-refractivity contribution is 5.94. The SMILES string of the molecule is O=C([O-])c1cc(C(F)(F)F)cc(C2=C(c3cc(C(F)(F)F)ccc3OCc3ccc(F)cc3F)CCC2)n1. The van der Waals surface area contributed by atoms with Crippen LogP contribution in [0.25, 0.3) is 11.1 Å². The van der Waals surface area contributed by atoms with Gasteiger partial charge in [-0.1, -0.05) is 0 Å². The van der Waals surface area contributed by atoms with E-state index in [-0.39, 0.29) is 46.6 Å². The first-order valence-electron chi connectivity index (χ1n) is 11.1. The van der Waals surface area contributed by atoms with Gasteiger partial charge >= 0.3 is 12.4 Å². The zero-order valence-corrected chi connectivity index (χ0v) is 19.1. The third-order valence-electron chi connectivity index (χ3n) is 5.92. The molecule has 0 N–H and O–H groups in total. The number of pyridine rings is 1. The standard InChI is InChI=1S/C26H17F8NO3/c27-16-6-4-13(20(28)11-16)12-38-23-7-5-14(25(29,30)31)8-19(23)17-2-1-3-18(17)21-9-15(26(32,33)34)10-22(35-21)24(36)37/h4-11H,1-3,12H2,(H,36,37)/p-1. The first-order valence-corrected chi connectivity index (χ1v) is 11.1. The van der Waals surface area contributed by atoms with Gasteiger partial charge in [0.2, 0.25) is 0 Å². The number of alkyl halides is 6. The van der Waals surface area contributed by atoms with Gasteiger partial charge in [0, 0.05) is 17.2 Å². The summed E-state index contributed by atoms with van der Waals surface area (Å²) in [7, 11) is 0. The molecule has 4 rings (SSSR count). The van der Waals surface area contributed by atoms with Crippen LogP contribution in [0.4, 0.5) is 35.1 Å². The van der Waals surface area contributed by atoms with Crippen LogP contribution in [0.1, 0.15) is 57.7 Å². The minimum Gasteiger partial charge on any atom is -0.543 e. The smallest absolute Gasteiger partial charge is 0.416 e. The normalized spacial score (nSPS) is 14.2. The molecule has 1 heterocycles. The molecule has 0 amide bonds. The van der Waals surface area contributed by atoms with Crippen molar-refractivity contribution >= 4 is 17.1 Å². The number of allylic oxidation sites excluding steroid dienone is 2. The number of aromatic carboxylic acids is 1. The summed E-state index contributed by atoms with van der Waals surface area (Å²) in [5.74, 6) is -3.88. The maximum Gasteiger partial charge on any atom is 0.416 e. The minimum absolute atomic E-state index is 0.0870. The summed E-state index contributed by atoms with van der Waals surface area (Å²) < 4.78 is 114. The number of carbonyl (C=O) groups excluding carboxylic acids is 1. The Hall–Kier alpha value is -3.96. The van der Waals surface area contributed by atoms with Crippen molar-refractivity contribution in [2.24, 2.45) is 0 Å². The maximum atomic E-state index is 14.1. The zero-order chi connectivity index (χ0) is 27.8. The van der Waals surface area contributed by atoms with Crippen molar-refractivity contribution < 1.29 is 49.8 Å². The molecule has 4 nitrogen and oxygen atoms in total. The number of aromatic nitrogens is 1. The van der Waals surface area contributed by atoms with Crippen molar-refractivity contribution in [3.63, 3.8) is 0 Å². The quantitative estimate of drug-likeness (QED) is 0.337. The molecule has 0 atom stereocenters. The van der Waals surface area contributed by atoms with Crippen molar-refractivity contribution in [3.05, 3.63) is 93.8 Å². The van der Waals surface area contributed by atoms with Crippen molar-refractivity contribution in [3.8, 4) is 5.75 Å². The average molecular weight is 542 g/mol. The van der Waals surface area contributed by atoms with Gasteiger partial charge in [-0.3, -0.25) is 0 Å². The second-order valence-electron chi connectivity index (χ2n) is 8.46. The Kier molecular flexibility index (Phi) is 7.18. The van der Waals surface area contributed by atoms with Gasteiger partial charge in [-0.15, -0.1) is 0 Å². The summed E-state index contributed by atoms with van der Waals surface area (Å²) in [4.78, 5) is 15.1. The van der Waals surface area contributed by atoms with Gasteiger partial charge in [-0.25, -0.2) is 13.8 Å². The van der Waals surface area contributed by atoms with E-state index in [9.17, 15) is 45.0 Å². The van der Waals surface area contributed by atoms with Crippen molar-refractivity contribution in [2.75, 3.05) is 0 Å². The number of carboxylic acids is 1. The van der Waals surface area contributed by atoms with Gasteiger partial charge in [0.15, 0.2) is 0 Å². The monoisotopic (exact) mass is 542 g/mol. The fourth-order valence-corrected chi connectivity index (χ4v) is 4.14. The number of rotatable bonds is 6. The van der Waals surface area contributed by atoms with Crippen LogP contribution < -0.4 is 9.84 Å². The van der Waals surface area contributed by atoms with Crippen molar-refractivity contribution in [1.29, 1.82) is 0 Å². The highest BCUT2D eigenvalue weighted by Gasteiger charge is 2.34. The maximum absolute atomic E-state index is 14.1. The molecule has 0 spiro atoms. The van der Waals surface area contributed by atoms with Crippen LogP contribution in [0.5, 0.6) is 5.75 Å². The first-order chi connectivity index (χ1) is 17.7. The highest BCUT2D eigenvalue weighted by atomic mass is 19.4. The van der Waals surface area contributed by atoms with Gasteiger partial charge in [-0.05, 0) is 72.9 Å². The molecule has 0 saturated carbocycles. The van der Waals surface area contributed by atoms with Gasteiger partial charge < -0.3 is 14.6 Å². The Bertz CT molecular complexity index is 1430. The molecular weight excluding hydrogens is 526 g/mol. The van der Waals surface area contributed by atoms with Gasteiger partial charge in [-0.2, -0.15) is 26.3 Å². The molecule has 0 aliphatic heterocycles. The van der Waals surface area contributed by atoms with E-state index in [4.69, 9.17) is 4.74 Å². The third-order valence-corrected chi connectivity index (χ3v) is 5.92. The summed E-state index contributed by atoms with van der Waals surface area (Å²) in [6.07, 6.45) is -9.16. The highest BCUT2D eigenvalue weighted by Crippen LogP contribution is 2.45. The van der Waals surface area contributed by atoms with E-state index in [1.807, 2.05) is 0 Å². The summed E-state index contributed by atoms with van der Waals surface area (Å²) >= 11 is 0. The lowest BCUT2D eigenvalue weighted by atomic mass is 9.96. The Balaban J connectivity index is 1.85. The number of carbonyl (C=O) groups is 1. The third kappa shape index (κ3) is 5.79. The second kappa shape index (κ2) is 10.1. The lowest BCUT2D eigenvalue weighted by Crippen LogP contribution is -2.25. The van der Waals surface area contributed by atoms with Gasteiger partial charge in [0.25, 0.3) is 0 Å². The van der Waals surface area contributed by atoms with Crippen LogP contribution in [0.3, 0.4) is 0 Å². The second-order valence-corrected chi connectivity index (χ2v) is 8.46. The summed E-state index contributed by atoms with van der Waals surface area (Å²) in [6, 6.07) is 6.09. The van der Waals surface area contributed by atoms with E-state index in [1.165, 1.54) is 0 Å². The summed E-state index contributed by atoms with van der Waals surface area (Å²) in [5.41, 5.74) is -3.68. The van der Waals surface area contributed by atoms with E-state index < -0.39 is 53.4 Å². The molecular formula is C26H16F8NO3-. The number of hydrogen-bond acceptors (Lipinski definition) is 4. The Labute approximate surface area is 210 Å². The fourth-order valence-electron chi connectivity index (χ4n) is 4.14. The minimum atomic E-state index is -4.93. The molecule has 12 heteroatoms. The van der Waals surface area contributed by atoms with Crippen LogP contribution in [0, 0.1) is 11.6 Å². The zero-order valence-electron chi connectivity index (χ0n) is 19.1. The van der Waals surface area contributed by atoms with Crippen LogP contribution >= 0.6 is 0 Å². The molecule has 1 aromatic heterocycles. The van der Waals surface area contributed by atoms with Crippen LogP contribution in [0.2, 0.25) is 0 Å². The number of hydrogen-bond donors (Lipinski definition) is 0. The lowest BCUT2D eigenvalue weighted by molar-refractivity contribution is -0.255. The molecule has 0 saturated heterocycles. The number of carboxylic acid groups (broad SMARTS) is 1. The summed E-state index contributed by atoms with van der Waals surface area (Å²) in [6.45, 7) is -0.482. The first kappa shape index (κ1) is 27.1. The molecule has 38 heavy (non-hydrogen) atoms. The van der Waals surface area contributed by atoms with E-state index in [0.717, 1.165) is 30.3 Å². The van der Waals surface area contributed by atoms with Crippen LogP contribution in [0.15, 0.2) is 48.5 Å². The Morgan fingerprint density at radius 3 is 2.18 bits per heavy atom. The topological polar surface area (TPSA) is 62.2 Å². The molecule has 3 aromatic rings. The average Bonchev–Trinajstić information content (AvgIpc) is 3.32. The van der Waals surface area contributed by atoms with Gasteiger partial charge in [0.1, 0.15) is 24.0 Å². The van der Waals surface area contributed by atoms with Crippen molar-refractivity contribution in [2.45, 2.75) is 38.2 Å². The lowest BCUT2D eigenvalue weighted by Gasteiger charge is -2.18. The fraction of sp³-hybridized carbons (Fsp3) is 0.231. The van der Waals surface area contributed by atoms with E-state index in [1.54, 1.807) is 0 Å². The number of nitrogens with zero attached hydrogens (tertiary/aromatic N) is 1. The largest absolute Gasteiger partial charge is 0.543 e. The Morgan fingerprint density at radius 1 is 0.868 bits per heavy atom. The summed E-state index contributed by atoms with van der Waals surface area (Å²) in [5, 5.41) is 11.3.